The highest BCUT2D eigenvalue weighted by molar-refractivity contribution is 6.16. The fraction of sp³-hybridized carbons (Fsp3) is 0.667. The molecule has 68 valence electrons. The van der Waals surface area contributed by atoms with E-state index in [1.54, 1.807) is 0 Å². The van der Waals surface area contributed by atoms with Gasteiger partial charge in [0.05, 0.1) is 17.9 Å². The van der Waals surface area contributed by atoms with Gasteiger partial charge in [-0.3, -0.25) is 0 Å². The molecule has 0 saturated heterocycles. The van der Waals surface area contributed by atoms with Gasteiger partial charge in [0.15, 0.2) is 0 Å². The largest absolute Gasteiger partial charge is 0.333 e. The fourth-order valence-corrected chi connectivity index (χ4v) is 1.28. The van der Waals surface area contributed by atoms with Crippen LogP contribution < -0.4 is 0 Å². The third-order valence-electron chi connectivity index (χ3n) is 1.88. The Morgan fingerprint density at radius 3 is 2.92 bits per heavy atom. The standard InChI is InChI=1S/C9H15ClN2/c1-8(2)3-4-12-7-11-6-9(12)5-10/h6-8H,3-5H2,1-2H3. The predicted molar refractivity (Wildman–Crippen MR) is 51.2 cm³/mol. The second kappa shape index (κ2) is 4.51. The second-order valence-corrected chi connectivity index (χ2v) is 3.66. The monoisotopic (exact) mass is 186 g/mol. The Bertz CT molecular complexity index is 230. The number of imidazole rings is 1. The predicted octanol–water partition coefficient (Wildman–Crippen LogP) is 2.67. The van der Waals surface area contributed by atoms with E-state index < -0.39 is 0 Å². The van der Waals surface area contributed by atoms with Crippen LogP contribution in [0.3, 0.4) is 0 Å². The van der Waals surface area contributed by atoms with E-state index in [2.05, 4.69) is 23.4 Å². The van der Waals surface area contributed by atoms with Crippen LogP contribution in [0.25, 0.3) is 0 Å². The smallest absolute Gasteiger partial charge is 0.0948 e. The zero-order chi connectivity index (χ0) is 8.97. The first-order valence-corrected chi connectivity index (χ1v) is 4.82. The zero-order valence-electron chi connectivity index (χ0n) is 7.63. The summed E-state index contributed by atoms with van der Waals surface area (Å²) in [6.07, 6.45) is 4.85. The van der Waals surface area contributed by atoms with Crippen LogP contribution in [0.4, 0.5) is 0 Å². The average molecular weight is 187 g/mol. The molecule has 1 rings (SSSR count). The van der Waals surface area contributed by atoms with Crippen LogP contribution in [-0.4, -0.2) is 9.55 Å². The van der Waals surface area contributed by atoms with Crippen LogP contribution in [0.15, 0.2) is 12.5 Å². The topological polar surface area (TPSA) is 17.8 Å². The lowest BCUT2D eigenvalue weighted by Gasteiger charge is -2.07. The average Bonchev–Trinajstić information content (AvgIpc) is 2.47. The van der Waals surface area contributed by atoms with Gasteiger partial charge in [-0.05, 0) is 12.3 Å². The molecule has 3 heteroatoms. The van der Waals surface area contributed by atoms with Crippen LogP contribution in [0, 0.1) is 5.92 Å². The number of nitrogens with zero attached hydrogens (tertiary/aromatic N) is 2. The van der Waals surface area contributed by atoms with Gasteiger partial charge in [0.25, 0.3) is 0 Å². The molecule has 0 radical (unpaired) electrons. The van der Waals surface area contributed by atoms with Gasteiger partial charge in [0, 0.05) is 12.7 Å². The summed E-state index contributed by atoms with van der Waals surface area (Å²) < 4.78 is 2.12. The van der Waals surface area contributed by atoms with E-state index in [1.807, 2.05) is 12.5 Å². The molecule has 2 nitrogen and oxygen atoms in total. The third kappa shape index (κ3) is 2.52. The molecule has 1 heterocycles. The minimum absolute atomic E-state index is 0.554. The number of hydrogen-bond acceptors (Lipinski definition) is 1. The van der Waals surface area contributed by atoms with Crippen molar-refractivity contribution in [1.82, 2.24) is 9.55 Å². The van der Waals surface area contributed by atoms with Crippen LogP contribution in [0.5, 0.6) is 0 Å². The van der Waals surface area contributed by atoms with Gasteiger partial charge in [-0.25, -0.2) is 4.98 Å². The molecule has 1 aromatic rings. The second-order valence-electron chi connectivity index (χ2n) is 3.39. The molecule has 0 saturated carbocycles. The molecule has 0 amide bonds. The Morgan fingerprint density at radius 2 is 2.33 bits per heavy atom. The van der Waals surface area contributed by atoms with Crippen molar-refractivity contribution in [2.75, 3.05) is 0 Å². The molecule has 0 bridgehead atoms. The number of halogens is 1. The van der Waals surface area contributed by atoms with Gasteiger partial charge in [-0.2, -0.15) is 0 Å². The fourth-order valence-electron chi connectivity index (χ4n) is 1.06. The molecule has 0 aliphatic carbocycles. The number of aromatic nitrogens is 2. The van der Waals surface area contributed by atoms with Gasteiger partial charge < -0.3 is 4.57 Å². The molecular formula is C9H15ClN2. The number of hydrogen-bond donors (Lipinski definition) is 0. The van der Waals surface area contributed by atoms with Crippen LogP contribution in [-0.2, 0) is 12.4 Å². The molecule has 0 aromatic carbocycles. The highest BCUT2D eigenvalue weighted by Gasteiger charge is 2.00. The zero-order valence-corrected chi connectivity index (χ0v) is 8.38. The van der Waals surface area contributed by atoms with E-state index in [4.69, 9.17) is 11.6 Å². The summed E-state index contributed by atoms with van der Waals surface area (Å²) in [6, 6.07) is 0. The van der Waals surface area contributed by atoms with E-state index in [-0.39, 0.29) is 0 Å². The lowest BCUT2D eigenvalue weighted by molar-refractivity contribution is 0.510. The van der Waals surface area contributed by atoms with E-state index in [1.165, 1.54) is 6.42 Å². The van der Waals surface area contributed by atoms with Crippen molar-refractivity contribution in [3.05, 3.63) is 18.2 Å². The minimum atomic E-state index is 0.554. The quantitative estimate of drug-likeness (QED) is 0.662. The lowest BCUT2D eigenvalue weighted by atomic mass is 10.1. The molecular weight excluding hydrogens is 172 g/mol. The highest BCUT2D eigenvalue weighted by atomic mass is 35.5. The first-order valence-electron chi connectivity index (χ1n) is 4.29. The maximum Gasteiger partial charge on any atom is 0.0948 e. The molecule has 0 fully saturated rings. The van der Waals surface area contributed by atoms with Gasteiger partial charge in [0.2, 0.25) is 0 Å². The summed E-state index contributed by atoms with van der Waals surface area (Å²) >= 11 is 5.73. The summed E-state index contributed by atoms with van der Waals surface area (Å²) in [7, 11) is 0. The van der Waals surface area contributed by atoms with Crippen molar-refractivity contribution in [2.24, 2.45) is 5.92 Å². The van der Waals surface area contributed by atoms with Crippen molar-refractivity contribution in [2.45, 2.75) is 32.7 Å². The molecule has 0 spiro atoms. The molecule has 0 aliphatic rings. The van der Waals surface area contributed by atoms with E-state index in [0.717, 1.165) is 18.2 Å². The van der Waals surface area contributed by atoms with Gasteiger partial charge in [-0.1, -0.05) is 13.8 Å². The van der Waals surface area contributed by atoms with E-state index in [9.17, 15) is 0 Å². The number of rotatable bonds is 4. The summed E-state index contributed by atoms with van der Waals surface area (Å²) in [6.45, 7) is 5.47. The maximum atomic E-state index is 5.73. The normalized spacial score (nSPS) is 11.0. The first kappa shape index (κ1) is 9.59. The molecule has 0 unspecified atom stereocenters. The highest BCUT2D eigenvalue weighted by Crippen LogP contribution is 2.07. The molecule has 12 heavy (non-hydrogen) atoms. The minimum Gasteiger partial charge on any atom is -0.333 e. The van der Waals surface area contributed by atoms with Crippen molar-refractivity contribution in [3.8, 4) is 0 Å². The van der Waals surface area contributed by atoms with Crippen LogP contribution in [0.2, 0.25) is 0 Å². The van der Waals surface area contributed by atoms with Crippen LogP contribution >= 0.6 is 11.6 Å². The van der Waals surface area contributed by atoms with Crippen molar-refractivity contribution in [3.63, 3.8) is 0 Å². The molecule has 0 N–H and O–H groups in total. The summed E-state index contributed by atoms with van der Waals surface area (Å²) in [5, 5.41) is 0. The molecule has 1 aromatic heterocycles. The Balaban J connectivity index is 2.50. The Kier molecular flexibility index (Phi) is 3.60. The Labute approximate surface area is 78.6 Å². The van der Waals surface area contributed by atoms with Gasteiger partial charge >= 0.3 is 0 Å². The Hall–Kier alpha value is -0.500. The van der Waals surface area contributed by atoms with Gasteiger partial charge in [0.1, 0.15) is 0 Å². The summed E-state index contributed by atoms with van der Waals surface area (Å²) in [4.78, 5) is 4.05. The SMILES string of the molecule is CC(C)CCn1cncc1CCl. The number of aryl methyl sites for hydroxylation is 1. The lowest BCUT2D eigenvalue weighted by Crippen LogP contribution is -2.02. The summed E-state index contributed by atoms with van der Waals surface area (Å²) in [5.74, 6) is 1.29. The molecule has 0 atom stereocenters. The van der Waals surface area contributed by atoms with Crippen LogP contribution in [0.1, 0.15) is 26.0 Å². The van der Waals surface area contributed by atoms with E-state index >= 15 is 0 Å². The maximum absolute atomic E-state index is 5.73. The van der Waals surface area contributed by atoms with E-state index in [0.29, 0.717) is 5.88 Å². The van der Waals surface area contributed by atoms with Gasteiger partial charge in [-0.15, -0.1) is 11.6 Å². The Morgan fingerprint density at radius 1 is 1.58 bits per heavy atom. The van der Waals surface area contributed by atoms with Crippen molar-refractivity contribution in [1.29, 1.82) is 0 Å². The molecule has 0 aliphatic heterocycles. The first-order chi connectivity index (χ1) is 5.74. The number of alkyl halides is 1. The van der Waals surface area contributed by atoms with Crippen molar-refractivity contribution >= 4 is 11.6 Å². The van der Waals surface area contributed by atoms with Crippen molar-refractivity contribution < 1.29 is 0 Å². The summed E-state index contributed by atoms with van der Waals surface area (Å²) in [5.41, 5.74) is 1.11. The third-order valence-corrected chi connectivity index (χ3v) is 2.16.